The fourth-order valence-corrected chi connectivity index (χ4v) is 4.84. The zero-order valence-corrected chi connectivity index (χ0v) is 19.9. The van der Waals surface area contributed by atoms with Gasteiger partial charge in [-0.25, -0.2) is 13.4 Å². The molecule has 0 spiro atoms. The molecule has 7 nitrogen and oxygen atoms in total. The summed E-state index contributed by atoms with van der Waals surface area (Å²) in [7, 11) is -4.13. The Morgan fingerprint density at radius 1 is 1.03 bits per heavy atom. The van der Waals surface area contributed by atoms with Gasteiger partial charge in [0.2, 0.25) is 20.9 Å². The number of carbonyl (C=O) groups excluding carboxylic acids is 1. The molecule has 0 aliphatic carbocycles. The highest BCUT2D eigenvalue weighted by atomic mass is 35.5. The molecule has 1 aromatic heterocycles. The van der Waals surface area contributed by atoms with Crippen LogP contribution in [-0.4, -0.2) is 36.2 Å². The summed E-state index contributed by atoms with van der Waals surface area (Å²) in [4.78, 5) is 17.1. The van der Waals surface area contributed by atoms with Crippen LogP contribution in [0, 0.1) is 0 Å². The van der Waals surface area contributed by atoms with Crippen molar-refractivity contribution in [2.45, 2.75) is 12.1 Å². The van der Waals surface area contributed by atoms with Gasteiger partial charge in [-0.3, -0.25) is 9.36 Å². The molecule has 1 amide bonds. The van der Waals surface area contributed by atoms with E-state index in [1.807, 2.05) is 37.3 Å². The molecule has 0 saturated carbocycles. The van der Waals surface area contributed by atoms with Crippen molar-refractivity contribution in [1.82, 2.24) is 9.55 Å². The van der Waals surface area contributed by atoms with E-state index < -0.39 is 21.5 Å². The van der Waals surface area contributed by atoms with Gasteiger partial charge < -0.3 is 10.1 Å². The van der Waals surface area contributed by atoms with Crippen molar-refractivity contribution in [2.24, 2.45) is 0 Å². The summed E-state index contributed by atoms with van der Waals surface area (Å²) in [5, 5.41) is 2.82. The minimum atomic E-state index is -4.13. The summed E-state index contributed by atoms with van der Waals surface area (Å²) in [5.41, 5.74) is 2.12. The smallest absolute Gasteiger partial charge is 0.240 e. The highest BCUT2D eigenvalue weighted by Crippen LogP contribution is 2.27. The first-order valence-corrected chi connectivity index (χ1v) is 12.6. The van der Waals surface area contributed by atoms with Crippen molar-refractivity contribution in [3.05, 3.63) is 90.1 Å². The largest absolute Gasteiger partial charge is 0.492 e. The van der Waals surface area contributed by atoms with Gasteiger partial charge >= 0.3 is 0 Å². The van der Waals surface area contributed by atoms with Crippen LogP contribution in [0.1, 0.15) is 6.92 Å². The molecule has 0 atom stereocenters. The molecule has 9 heteroatoms. The molecule has 34 heavy (non-hydrogen) atoms. The monoisotopic (exact) mass is 495 g/mol. The second-order valence-electron chi connectivity index (χ2n) is 7.36. The van der Waals surface area contributed by atoms with E-state index in [-0.39, 0.29) is 5.16 Å². The Morgan fingerprint density at radius 3 is 2.50 bits per heavy atom. The first-order chi connectivity index (χ1) is 16.4. The Hall–Kier alpha value is -3.62. The average molecular weight is 496 g/mol. The van der Waals surface area contributed by atoms with Gasteiger partial charge in [0, 0.05) is 22.5 Å². The predicted octanol–water partition coefficient (Wildman–Crippen LogP) is 5.00. The van der Waals surface area contributed by atoms with Crippen LogP contribution in [0.25, 0.3) is 16.9 Å². The van der Waals surface area contributed by atoms with Crippen LogP contribution >= 0.6 is 11.6 Å². The van der Waals surface area contributed by atoms with Crippen molar-refractivity contribution >= 4 is 33.0 Å². The second-order valence-corrected chi connectivity index (χ2v) is 9.68. The van der Waals surface area contributed by atoms with Crippen LogP contribution in [0.2, 0.25) is 5.02 Å². The summed E-state index contributed by atoms with van der Waals surface area (Å²) in [6, 6.07) is 22.8. The highest BCUT2D eigenvalue weighted by molar-refractivity contribution is 7.92. The molecule has 0 aliphatic rings. The Labute approximate surface area is 202 Å². The summed E-state index contributed by atoms with van der Waals surface area (Å²) in [6.07, 6.45) is 1.62. The van der Waals surface area contributed by atoms with Crippen molar-refractivity contribution < 1.29 is 17.9 Å². The SMILES string of the molecule is CCOc1ccccc1NC(=O)CS(=O)(=O)c1nc(-c2ccccc2)cn1-c1cccc(Cl)c1. The number of aromatic nitrogens is 2. The van der Waals surface area contributed by atoms with Gasteiger partial charge in [0.15, 0.2) is 0 Å². The van der Waals surface area contributed by atoms with Crippen LogP contribution in [0.15, 0.2) is 90.2 Å². The van der Waals surface area contributed by atoms with E-state index in [0.717, 1.165) is 5.56 Å². The quantitative estimate of drug-likeness (QED) is 0.371. The van der Waals surface area contributed by atoms with Crippen molar-refractivity contribution in [3.8, 4) is 22.7 Å². The molecular weight excluding hydrogens is 474 g/mol. The van der Waals surface area contributed by atoms with Gasteiger partial charge in [-0.2, -0.15) is 0 Å². The lowest BCUT2D eigenvalue weighted by Gasteiger charge is -2.12. The van der Waals surface area contributed by atoms with E-state index in [2.05, 4.69) is 10.3 Å². The van der Waals surface area contributed by atoms with Gasteiger partial charge in [-0.05, 0) is 37.3 Å². The summed E-state index contributed by atoms with van der Waals surface area (Å²) >= 11 is 6.14. The van der Waals surface area contributed by atoms with E-state index in [0.29, 0.717) is 34.4 Å². The lowest BCUT2D eigenvalue weighted by molar-refractivity contribution is -0.113. The number of imidazole rings is 1. The number of anilines is 1. The number of hydrogen-bond acceptors (Lipinski definition) is 5. The minimum Gasteiger partial charge on any atom is -0.492 e. The Bertz CT molecular complexity index is 1420. The average Bonchev–Trinajstić information content (AvgIpc) is 3.28. The Kier molecular flexibility index (Phi) is 7.00. The molecule has 4 rings (SSSR count). The van der Waals surface area contributed by atoms with Gasteiger partial charge in [0.25, 0.3) is 0 Å². The molecule has 0 radical (unpaired) electrons. The number of carbonyl (C=O) groups is 1. The molecular formula is C25H22ClN3O4S. The molecule has 174 valence electrons. The molecule has 4 aromatic rings. The molecule has 1 N–H and O–H groups in total. The maximum Gasteiger partial charge on any atom is 0.240 e. The van der Waals surface area contributed by atoms with Crippen LogP contribution in [-0.2, 0) is 14.6 Å². The lowest BCUT2D eigenvalue weighted by atomic mass is 10.2. The predicted molar refractivity (Wildman–Crippen MR) is 132 cm³/mol. The van der Waals surface area contributed by atoms with Crippen LogP contribution in [0.5, 0.6) is 5.75 Å². The second kappa shape index (κ2) is 10.1. The Morgan fingerprint density at radius 2 is 1.76 bits per heavy atom. The molecule has 0 saturated heterocycles. The van der Waals surface area contributed by atoms with Gasteiger partial charge in [0.05, 0.1) is 18.0 Å². The molecule has 0 unspecified atom stereocenters. The first-order valence-electron chi connectivity index (χ1n) is 10.5. The summed E-state index contributed by atoms with van der Waals surface area (Å²) in [6.45, 7) is 2.23. The number of nitrogens with zero attached hydrogens (tertiary/aromatic N) is 2. The van der Waals surface area contributed by atoms with Crippen LogP contribution in [0.4, 0.5) is 5.69 Å². The minimum absolute atomic E-state index is 0.248. The third-order valence-corrected chi connectivity index (χ3v) is 6.61. The number of rotatable bonds is 8. The molecule has 1 heterocycles. The van der Waals surface area contributed by atoms with E-state index in [4.69, 9.17) is 16.3 Å². The number of nitrogens with one attached hydrogen (secondary N) is 1. The number of amides is 1. The third-order valence-electron chi connectivity index (χ3n) is 4.89. The van der Waals surface area contributed by atoms with Crippen LogP contribution in [0.3, 0.4) is 0 Å². The molecule has 0 aliphatic heterocycles. The van der Waals surface area contributed by atoms with Gasteiger partial charge in [-0.15, -0.1) is 0 Å². The normalized spacial score (nSPS) is 11.2. The van der Waals surface area contributed by atoms with E-state index in [9.17, 15) is 13.2 Å². The number of sulfone groups is 1. The maximum absolute atomic E-state index is 13.4. The zero-order valence-electron chi connectivity index (χ0n) is 18.3. The zero-order chi connectivity index (χ0) is 24.1. The van der Waals surface area contributed by atoms with Gasteiger partial charge in [-0.1, -0.05) is 60.1 Å². The molecule has 0 bridgehead atoms. The lowest BCUT2D eigenvalue weighted by Crippen LogP contribution is -2.25. The summed E-state index contributed by atoms with van der Waals surface area (Å²) in [5.74, 6) is -1.03. The fraction of sp³-hybridized carbons (Fsp3) is 0.120. The summed E-state index contributed by atoms with van der Waals surface area (Å²) < 4.78 is 33.7. The number of para-hydroxylation sites is 2. The van der Waals surface area contributed by atoms with E-state index in [1.54, 1.807) is 54.7 Å². The van der Waals surface area contributed by atoms with Gasteiger partial charge in [0.1, 0.15) is 11.5 Å². The number of halogens is 1. The van der Waals surface area contributed by atoms with E-state index in [1.165, 1.54) is 4.57 Å². The number of benzene rings is 3. The maximum atomic E-state index is 13.4. The highest BCUT2D eigenvalue weighted by Gasteiger charge is 2.27. The van der Waals surface area contributed by atoms with E-state index >= 15 is 0 Å². The Balaban J connectivity index is 1.69. The standard InChI is InChI=1S/C25H22ClN3O4S/c1-2-33-23-14-7-6-13-21(23)27-24(30)17-34(31,32)25-28-22(18-9-4-3-5-10-18)16-29(25)20-12-8-11-19(26)15-20/h3-16H,2,17H2,1H3,(H,27,30). The molecule has 0 fully saturated rings. The van der Waals surface area contributed by atoms with Crippen LogP contribution < -0.4 is 10.1 Å². The topological polar surface area (TPSA) is 90.3 Å². The fourth-order valence-electron chi connectivity index (χ4n) is 3.42. The van der Waals surface area contributed by atoms with Crippen molar-refractivity contribution in [3.63, 3.8) is 0 Å². The first kappa shape index (κ1) is 23.5. The molecule has 3 aromatic carbocycles. The third kappa shape index (κ3) is 5.30. The van der Waals surface area contributed by atoms with Crippen molar-refractivity contribution in [1.29, 1.82) is 0 Å². The number of hydrogen-bond donors (Lipinski definition) is 1. The van der Waals surface area contributed by atoms with Crippen molar-refractivity contribution in [2.75, 3.05) is 17.7 Å². The number of ether oxygens (including phenoxy) is 1.